The Bertz CT molecular complexity index is 1290. The van der Waals surface area contributed by atoms with Crippen LogP contribution in [0.25, 0.3) is 10.7 Å². The summed E-state index contributed by atoms with van der Waals surface area (Å²) in [6.07, 6.45) is -7.40. The average molecular weight is 546 g/mol. The molecule has 1 aromatic carbocycles. The summed E-state index contributed by atoms with van der Waals surface area (Å²) < 4.78 is 79.2. The first-order valence-electron chi connectivity index (χ1n) is 10.8. The van der Waals surface area contributed by atoms with Crippen molar-refractivity contribution in [2.45, 2.75) is 39.2 Å². The van der Waals surface area contributed by atoms with Gasteiger partial charge in [0.2, 0.25) is 0 Å². The van der Waals surface area contributed by atoms with Gasteiger partial charge in [0.1, 0.15) is 15.6 Å². The molecule has 0 saturated heterocycles. The van der Waals surface area contributed by atoms with Crippen LogP contribution in [-0.4, -0.2) is 45.3 Å². The first-order valence-corrected chi connectivity index (χ1v) is 11.6. The second kappa shape index (κ2) is 10.4. The molecule has 198 valence electrons. The minimum Gasteiger partial charge on any atom is -0.344 e. The van der Waals surface area contributed by atoms with Crippen LogP contribution >= 0.6 is 11.3 Å². The van der Waals surface area contributed by atoms with Gasteiger partial charge >= 0.3 is 12.4 Å². The van der Waals surface area contributed by atoms with Gasteiger partial charge in [-0.2, -0.15) is 26.3 Å². The van der Waals surface area contributed by atoms with Crippen molar-refractivity contribution in [1.29, 1.82) is 0 Å². The van der Waals surface area contributed by atoms with E-state index in [1.807, 2.05) is 0 Å². The minimum absolute atomic E-state index is 0.0539. The molecule has 0 saturated carbocycles. The summed E-state index contributed by atoms with van der Waals surface area (Å²) in [6, 6.07) is -0.339. The number of hydrogen-bond donors (Lipinski definition) is 1. The van der Waals surface area contributed by atoms with Crippen LogP contribution in [0, 0.1) is 6.92 Å². The van der Waals surface area contributed by atoms with Gasteiger partial charge in [0.25, 0.3) is 11.8 Å². The summed E-state index contributed by atoms with van der Waals surface area (Å²) in [5, 5.41) is 2.69. The van der Waals surface area contributed by atoms with E-state index in [1.165, 1.54) is 24.2 Å². The van der Waals surface area contributed by atoms with Crippen LogP contribution in [0.2, 0.25) is 0 Å². The molecule has 0 spiro atoms. The van der Waals surface area contributed by atoms with Crippen LogP contribution in [-0.2, 0) is 12.4 Å². The third kappa shape index (κ3) is 6.42. The molecule has 1 atom stereocenters. The van der Waals surface area contributed by atoms with Gasteiger partial charge in [0.05, 0.1) is 34.8 Å². The number of rotatable bonds is 6. The molecule has 37 heavy (non-hydrogen) atoms. The minimum atomic E-state index is -5.09. The van der Waals surface area contributed by atoms with Crippen molar-refractivity contribution in [1.82, 2.24) is 25.2 Å². The van der Waals surface area contributed by atoms with E-state index in [2.05, 4.69) is 20.3 Å². The van der Waals surface area contributed by atoms with E-state index in [0.29, 0.717) is 34.3 Å². The zero-order valence-electron chi connectivity index (χ0n) is 20.0. The van der Waals surface area contributed by atoms with Crippen LogP contribution in [0.5, 0.6) is 0 Å². The molecule has 7 nitrogen and oxygen atoms in total. The van der Waals surface area contributed by atoms with Crippen molar-refractivity contribution < 1.29 is 35.9 Å². The Kier molecular flexibility index (Phi) is 7.91. The highest BCUT2D eigenvalue weighted by Gasteiger charge is 2.37. The molecule has 0 aliphatic heterocycles. The number of halogens is 6. The van der Waals surface area contributed by atoms with Crippen LogP contribution in [0.1, 0.15) is 62.4 Å². The highest BCUT2D eigenvalue weighted by molar-refractivity contribution is 7.16. The van der Waals surface area contributed by atoms with E-state index in [1.54, 1.807) is 20.9 Å². The van der Waals surface area contributed by atoms with Crippen LogP contribution in [0.15, 0.2) is 30.6 Å². The molecule has 3 rings (SSSR count). The number of nitrogens with one attached hydrogen (secondary N) is 1. The summed E-state index contributed by atoms with van der Waals surface area (Å²) in [5.41, 5.74) is -3.20. The molecule has 2 heterocycles. The normalized spacial score (nSPS) is 12.8. The lowest BCUT2D eigenvalue weighted by atomic mass is 10.0. The van der Waals surface area contributed by atoms with E-state index in [9.17, 15) is 35.9 Å². The maximum absolute atomic E-state index is 13.2. The number of aromatic nitrogens is 3. The summed E-state index contributed by atoms with van der Waals surface area (Å²) >= 11 is 1.03. The molecule has 1 N–H and O–H groups in total. The Hall–Kier alpha value is -3.55. The molecule has 0 radical (unpaired) electrons. The molecule has 1 unspecified atom stereocenters. The predicted molar refractivity (Wildman–Crippen MR) is 123 cm³/mol. The number of aryl methyl sites for hydroxylation is 1. The van der Waals surface area contributed by atoms with Gasteiger partial charge in [-0.1, -0.05) is 0 Å². The Morgan fingerprint density at radius 1 is 1.03 bits per heavy atom. The van der Waals surface area contributed by atoms with Gasteiger partial charge in [0, 0.05) is 25.4 Å². The van der Waals surface area contributed by atoms with Crippen molar-refractivity contribution in [3.05, 3.63) is 63.5 Å². The third-order valence-corrected chi connectivity index (χ3v) is 6.26. The van der Waals surface area contributed by atoms with Crippen molar-refractivity contribution in [2.75, 3.05) is 13.6 Å². The quantitative estimate of drug-likeness (QED) is 0.412. The monoisotopic (exact) mass is 545 g/mol. The fourth-order valence-corrected chi connectivity index (χ4v) is 4.13. The Morgan fingerprint density at radius 3 is 2.16 bits per heavy atom. The summed E-state index contributed by atoms with van der Waals surface area (Å²) in [5.74, 6) is -1.43. The average Bonchev–Trinajstić information content (AvgIpc) is 3.31. The lowest BCUT2D eigenvalue weighted by Crippen LogP contribution is -2.28. The SMILES string of the molecule is CCN(C)C(=O)c1cnc(-c2ncc(C)nc2C(C)NC(=O)c2cc(C(F)(F)F)cc(C(F)(F)F)c2)s1. The third-order valence-electron chi connectivity index (χ3n) is 5.27. The maximum Gasteiger partial charge on any atom is 0.416 e. The molecular formula is C23H21F6N5O2S. The molecule has 0 fully saturated rings. The van der Waals surface area contributed by atoms with Crippen molar-refractivity contribution in [3.8, 4) is 10.7 Å². The van der Waals surface area contributed by atoms with Gasteiger partial charge in [-0.15, -0.1) is 11.3 Å². The number of benzene rings is 1. The first kappa shape index (κ1) is 28.0. The van der Waals surface area contributed by atoms with Gasteiger partial charge in [-0.05, 0) is 39.0 Å². The highest BCUT2D eigenvalue weighted by atomic mass is 32.1. The smallest absolute Gasteiger partial charge is 0.344 e. The maximum atomic E-state index is 13.2. The Morgan fingerprint density at radius 2 is 1.62 bits per heavy atom. The second-order valence-electron chi connectivity index (χ2n) is 8.08. The van der Waals surface area contributed by atoms with E-state index >= 15 is 0 Å². The highest BCUT2D eigenvalue weighted by Crippen LogP contribution is 2.36. The summed E-state index contributed by atoms with van der Waals surface area (Å²) in [4.78, 5) is 39.9. The summed E-state index contributed by atoms with van der Waals surface area (Å²) in [6.45, 7) is 5.34. The lowest BCUT2D eigenvalue weighted by Gasteiger charge is -2.18. The van der Waals surface area contributed by atoms with Gasteiger partial charge in [0.15, 0.2) is 0 Å². The predicted octanol–water partition coefficient (Wildman–Crippen LogP) is 5.53. The number of nitrogens with zero attached hydrogens (tertiary/aromatic N) is 4. The van der Waals surface area contributed by atoms with Gasteiger partial charge in [-0.25, -0.2) is 9.97 Å². The van der Waals surface area contributed by atoms with E-state index < -0.39 is 41.0 Å². The van der Waals surface area contributed by atoms with E-state index in [-0.39, 0.29) is 23.4 Å². The number of thiazole rings is 1. The number of carbonyl (C=O) groups excluding carboxylic acids is 2. The Balaban J connectivity index is 1.96. The molecule has 2 aromatic heterocycles. The summed E-state index contributed by atoms with van der Waals surface area (Å²) in [7, 11) is 1.62. The number of carbonyl (C=O) groups is 2. The standard InChI is InChI=1S/C23H21F6N5O2S/c1-5-34(4)21(36)16-10-31-20(37-16)18-17(32-11(2)9-30-18)12(3)33-19(35)13-6-14(22(24,25)26)8-15(7-13)23(27,28)29/h6-10,12H,5H2,1-4H3,(H,33,35). The molecule has 2 amide bonds. The lowest BCUT2D eigenvalue weighted by molar-refractivity contribution is -0.143. The molecule has 0 aliphatic rings. The molecule has 3 aromatic rings. The fourth-order valence-electron chi connectivity index (χ4n) is 3.21. The van der Waals surface area contributed by atoms with Crippen molar-refractivity contribution in [2.24, 2.45) is 0 Å². The van der Waals surface area contributed by atoms with E-state index in [0.717, 1.165) is 11.3 Å². The molecular weight excluding hydrogens is 524 g/mol. The van der Waals surface area contributed by atoms with Crippen LogP contribution in [0.4, 0.5) is 26.3 Å². The van der Waals surface area contributed by atoms with Gasteiger partial charge in [-0.3, -0.25) is 14.6 Å². The number of hydrogen-bond acceptors (Lipinski definition) is 6. The molecule has 0 bridgehead atoms. The second-order valence-corrected chi connectivity index (χ2v) is 9.11. The largest absolute Gasteiger partial charge is 0.416 e. The Labute approximate surface area is 211 Å². The van der Waals surface area contributed by atoms with Crippen LogP contribution < -0.4 is 5.32 Å². The van der Waals surface area contributed by atoms with Crippen molar-refractivity contribution in [3.63, 3.8) is 0 Å². The van der Waals surface area contributed by atoms with Crippen LogP contribution in [0.3, 0.4) is 0 Å². The van der Waals surface area contributed by atoms with E-state index in [4.69, 9.17) is 0 Å². The molecule has 14 heteroatoms. The number of alkyl halides is 6. The zero-order chi connectivity index (χ0) is 27.7. The van der Waals surface area contributed by atoms with Gasteiger partial charge < -0.3 is 10.2 Å². The number of amides is 2. The topological polar surface area (TPSA) is 88.1 Å². The first-order chi connectivity index (χ1) is 17.1. The molecule has 0 aliphatic carbocycles. The van der Waals surface area contributed by atoms with Crippen molar-refractivity contribution >= 4 is 23.2 Å². The zero-order valence-corrected chi connectivity index (χ0v) is 20.8. The fraction of sp³-hybridized carbons (Fsp3) is 0.348.